The van der Waals surface area contributed by atoms with E-state index in [4.69, 9.17) is 11.6 Å². The number of halogens is 1. The molecule has 0 amide bonds. The molecule has 1 aliphatic heterocycles. The Morgan fingerprint density at radius 3 is 2.45 bits per heavy atom. The van der Waals surface area contributed by atoms with Crippen LogP contribution in [0.4, 0.5) is 0 Å². The molecule has 20 heavy (non-hydrogen) atoms. The number of piperidine rings is 1. The van der Waals surface area contributed by atoms with Crippen LogP contribution in [0, 0.1) is 6.92 Å². The van der Waals surface area contributed by atoms with Crippen LogP contribution in [0.15, 0.2) is 18.2 Å². The van der Waals surface area contributed by atoms with Crippen LogP contribution in [0.3, 0.4) is 0 Å². The van der Waals surface area contributed by atoms with Gasteiger partial charge in [-0.25, -0.2) is 0 Å². The summed E-state index contributed by atoms with van der Waals surface area (Å²) in [6.45, 7) is 12.4. The normalized spacial score (nSPS) is 18.4. The molecule has 0 saturated carbocycles. The van der Waals surface area contributed by atoms with Gasteiger partial charge >= 0.3 is 0 Å². The van der Waals surface area contributed by atoms with Crippen molar-refractivity contribution in [2.75, 3.05) is 13.1 Å². The maximum Gasteiger partial charge on any atom is 0.0408 e. The lowest BCUT2D eigenvalue weighted by Crippen LogP contribution is -2.49. The third-order valence-corrected chi connectivity index (χ3v) is 4.56. The van der Waals surface area contributed by atoms with Gasteiger partial charge in [-0.15, -0.1) is 0 Å². The number of rotatable bonds is 3. The fourth-order valence-electron chi connectivity index (χ4n) is 2.87. The fourth-order valence-corrected chi connectivity index (χ4v) is 3.09. The van der Waals surface area contributed by atoms with Crippen LogP contribution in [0.1, 0.15) is 44.7 Å². The molecular formula is C17H27ClN2. The highest BCUT2D eigenvalue weighted by Gasteiger charge is 2.26. The van der Waals surface area contributed by atoms with E-state index in [1.54, 1.807) is 0 Å². The monoisotopic (exact) mass is 294 g/mol. The van der Waals surface area contributed by atoms with E-state index in [0.717, 1.165) is 11.6 Å². The molecule has 1 aromatic carbocycles. The van der Waals surface area contributed by atoms with Gasteiger partial charge in [0.1, 0.15) is 0 Å². The Morgan fingerprint density at radius 1 is 1.25 bits per heavy atom. The Bertz CT molecular complexity index is 443. The van der Waals surface area contributed by atoms with Gasteiger partial charge < -0.3 is 5.32 Å². The van der Waals surface area contributed by atoms with Crippen molar-refractivity contribution >= 4 is 11.6 Å². The third-order valence-electron chi connectivity index (χ3n) is 4.33. The van der Waals surface area contributed by atoms with E-state index >= 15 is 0 Å². The average Bonchev–Trinajstić information content (AvgIpc) is 2.37. The Labute approximate surface area is 128 Å². The van der Waals surface area contributed by atoms with E-state index in [2.05, 4.69) is 44.0 Å². The summed E-state index contributed by atoms with van der Waals surface area (Å²) in [6, 6.07) is 6.80. The Hall–Kier alpha value is -0.570. The van der Waals surface area contributed by atoms with Crippen LogP contribution in [0.2, 0.25) is 5.02 Å². The van der Waals surface area contributed by atoms with Gasteiger partial charge in [-0.1, -0.05) is 17.7 Å². The SMILES string of the molecule is Cc1cc(Cl)ccc1CNC1CCN(C(C)(C)C)CC1. The fraction of sp³-hybridized carbons (Fsp3) is 0.647. The molecule has 0 unspecified atom stereocenters. The van der Waals surface area contributed by atoms with E-state index in [0.29, 0.717) is 11.6 Å². The van der Waals surface area contributed by atoms with Crippen molar-refractivity contribution in [3.05, 3.63) is 34.3 Å². The highest BCUT2D eigenvalue weighted by atomic mass is 35.5. The van der Waals surface area contributed by atoms with Crippen molar-refractivity contribution in [1.82, 2.24) is 10.2 Å². The smallest absolute Gasteiger partial charge is 0.0408 e. The molecule has 1 N–H and O–H groups in total. The molecule has 2 rings (SSSR count). The number of aryl methyl sites for hydroxylation is 1. The molecule has 1 saturated heterocycles. The van der Waals surface area contributed by atoms with Gasteiger partial charge in [0.15, 0.2) is 0 Å². The number of nitrogens with zero attached hydrogens (tertiary/aromatic N) is 1. The molecule has 1 heterocycles. The molecular weight excluding hydrogens is 268 g/mol. The van der Waals surface area contributed by atoms with Crippen LogP contribution in [-0.4, -0.2) is 29.6 Å². The van der Waals surface area contributed by atoms with E-state index in [-0.39, 0.29) is 0 Å². The zero-order valence-electron chi connectivity index (χ0n) is 13.2. The van der Waals surface area contributed by atoms with Crippen molar-refractivity contribution in [3.63, 3.8) is 0 Å². The Morgan fingerprint density at radius 2 is 1.90 bits per heavy atom. The summed E-state index contributed by atoms with van der Waals surface area (Å²) in [7, 11) is 0. The summed E-state index contributed by atoms with van der Waals surface area (Å²) in [5, 5.41) is 4.52. The summed E-state index contributed by atoms with van der Waals surface area (Å²) in [4.78, 5) is 2.58. The third kappa shape index (κ3) is 4.21. The van der Waals surface area contributed by atoms with E-state index in [1.165, 1.54) is 37.1 Å². The quantitative estimate of drug-likeness (QED) is 0.906. The first-order valence-electron chi connectivity index (χ1n) is 7.60. The molecule has 0 bridgehead atoms. The highest BCUT2D eigenvalue weighted by Crippen LogP contribution is 2.21. The van der Waals surface area contributed by atoms with Gasteiger partial charge in [0.25, 0.3) is 0 Å². The summed E-state index contributed by atoms with van der Waals surface area (Å²) in [6.07, 6.45) is 2.48. The van der Waals surface area contributed by atoms with Crippen LogP contribution < -0.4 is 5.32 Å². The molecule has 0 aliphatic carbocycles. The lowest BCUT2D eigenvalue weighted by molar-refractivity contribution is 0.0960. The summed E-state index contributed by atoms with van der Waals surface area (Å²) in [5.74, 6) is 0. The second-order valence-corrected chi connectivity index (χ2v) is 7.32. The predicted octanol–water partition coefficient (Wildman–Crippen LogP) is 4.00. The Balaban J connectivity index is 1.82. The number of nitrogens with one attached hydrogen (secondary N) is 1. The topological polar surface area (TPSA) is 15.3 Å². The number of hydrogen-bond acceptors (Lipinski definition) is 2. The second kappa shape index (κ2) is 6.46. The molecule has 3 heteroatoms. The average molecular weight is 295 g/mol. The molecule has 0 atom stereocenters. The van der Waals surface area contributed by atoms with Gasteiger partial charge in [0.2, 0.25) is 0 Å². The van der Waals surface area contributed by atoms with E-state index < -0.39 is 0 Å². The summed E-state index contributed by atoms with van der Waals surface area (Å²) < 4.78 is 0. The van der Waals surface area contributed by atoms with Crippen molar-refractivity contribution in [3.8, 4) is 0 Å². The minimum atomic E-state index is 0.303. The van der Waals surface area contributed by atoms with Crippen LogP contribution in [-0.2, 0) is 6.54 Å². The first-order valence-corrected chi connectivity index (χ1v) is 7.97. The predicted molar refractivity (Wildman–Crippen MR) is 87.4 cm³/mol. The highest BCUT2D eigenvalue weighted by molar-refractivity contribution is 6.30. The zero-order chi connectivity index (χ0) is 14.8. The van der Waals surface area contributed by atoms with Crippen molar-refractivity contribution in [2.24, 2.45) is 0 Å². The minimum absolute atomic E-state index is 0.303. The molecule has 0 radical (unpaired) electrons. The van der Waals surface area contributed by atoms with Crippen molar-refractivity contribution in [1.29, 1.82) is 0 Å². The van der Waals surface area contributed by atoms with Gasteiger partial charge in [0.05, 0.1) is 0 Å². The van der Waals surface area contributed by atoms with Crippen LogP contribution in [0.5, 0.6) is 0 Å². The molecule has 0 spiro atoms. The van der Waals surface area contributed by atoms with Crippen LogP contribution in [0.25, 0.3) is 0 Å². The van der Waals surface area contributed by atoms with E-state index in [1.807, 2.05) is 12.1 Å². The number of benzene rings is 1. The molecule has 112 valence electrons. The van der Waals surface area contributed by atoms with Gasteiger partial charge in [-0.05, 0) is 63.8 Å². The lowest BCUT2D eigenvalue weighted by Gasteiger charge is -2.41. The maximum atomic E-state index is 6.00. The van der Waals surface area contributed by atoms with Crippen LogP contribution >= 0.6 is 11.6 Å². The molecule has 1 aromatic rings. The molecule has 2 nitrogen and oxygen atoms in total. The Kier molecular flexibility index (Phi) is 5.11. The van der Waals surface area contributed by atoms with Gasteiger partial charge in [0, 0.05) is 36.2 Å². The maximum absolute atomic E-state index is 6.00. The first kappa shape index (κ1) is 15.8. The number of hydrogen-bond donors (Lipinski definition) is 1. The molecule has 0 aromatic heterocycles. The molecule has 1 aliphatic rings. The molecule has 1 fully saturated rings. The standard InChI is InChI=1S/C17H27ClN2/c1-13-11-15(18)6-5-14(13)12-19-16-7-9-20(10-8-16)17(2,3)4/h5-6,11,16,19H,7-10,12H2,1-4H3. The largest absolute Gasteiger partial charge is 0.310 e. The summed E-state index contributed by atoms with van der Waals surface area (Å²) >= 11 is 6.00. The second-order valence-electron chi connectivity index (χ2n) is 6.88. The summed E-state index contributed by atoms with van der Waals surface area (Å²) in [5.41, 5.74) is 2.93. The number of likely N-dealkylation sites (tertiary alicyclic amines) is 1. The van der Waals surface area contributed by atoms with Gasteiger partial charge in [-0.2, -0.15) is 0 Å². The minimum Gasteiger partial charge on any atom is -0.310 e. The van der Waals surface area contributed by atoms with E-state index in [9.17, 15) is 0 Å². The first-order chi connectivity index (χ1) is 9.36. The van der Waals surface area contributed by atoms with Crippen molar-refractivity contribution < 1.29 is 0 Å². The van der Waals surface area contributed by atoms with Gasteiger partial charge in [-0.3, -0.25) is 4.90 Å². The lowest BCUT2D eigenvalue weighted by atomic mass is 9.98. The van der Waals surface area contributed by atoms with Crippen molar-refractivity contribution in [2.45, 2.75) is 58.7 Å². The zero-order valence-corrected chi connectivity index (χ0v) is 13.9.